The zero-order valence-corrected chi connectivity index (χ0v) is 12.3. The Balaban J connectivity index is 2.62. The fourth-order valence-corrected chi connectivity index (χ4v) is 2.22. The molecule has 0 aliphatic rings. The molecule has 0 aromatic heterocycles. The fourth-order valence-electron chi connectivity index (χ4n) is 2.22. The maximum absolute atomic E-state index is 11.4. The van der Waals surface area contributed by atoms with Crippen LogP contribution in [-0.4, -0.2) is 36.9 Å². The van der Waals surface area contributed by atoms with Crippen LogP contribution in [0.15, 0.2) is 30.3 Å². The minimum Gasteiger partial charge on any atom is -0.480 e. The molecular formula is C16H25NO3. The second-order valence-electron chi connectivity index (χ2n) is 5.04. The van der Waals surface area contributed by atoms with E-state index in [9.17, 15) is 9.90 Å². The van der Waals surface area contributed by atoms with Gasteiger partial charge in [-0.1, -0.05) is 50.1 Å². The molecule has 0 fully saturated rings. The monoisotopic (exact) mass is 279 g/mol. The van der Waals surface area contributed by atoms with Crippen LogP contribution in [0.3, 0.4) is 0 Å². The Morgan fingerprint density at radius 2 is 2.05 bits per heavy atom. The lowest BCUT2D eigenvalue weighted by Crippen LogP contribution is -2.46. The first-order valence-electron chi connectivity index (χ1n) is 7.19. The Bertz CT molecular complexity index is 381. The highest BCUT2D eigenvalue weighted by molar-refractivity contribution is 5.74. The summed E-state index contributed by atoms with van der Waals surface area (Å²) in [6.45, 7) is 2.67. The van der Waals surface area contributed by atoms with Gasteiger partial charge in [0.15, 0.2) is 0 Å². The summed E-state index contributed by atoms with van der Waals surface area (Å²) in [6.07, 6.45) is 3.59. The van der Waals surface area contributed by atoms with Crippen LogP contribution in [-0.2, 0) is 16.0 Å². The first-order chi connectivity index (χ1) is 9.67. The van der Waals surface area contributed by atoms with Crippen molar-refractivity contribution in [1.29, 1.82) is 0 Å². The van der Waals surface area contributed by atoms with Gasteiger partial charge in [-0.3, -0.25) is 10.1 Å². The van der Waals surface area contributed by atoms with Crippen LogP contribution in [0.4, 0.5) is 0 Å². The molecule has 0 heterocycles. The second kappa shape index (κ2) is 9.50. The van der Waals surface area contributed by atoms with Gasteiger partial charge in [-0.2, -0.15) is 0 Å². The van der Waals surface area contributed by atoms with E-state index in [4.69, 9.17) is 4.74 Å². The lowest BCUT2D eigenvalue weighted by Gasteiger charge is -2.23. The van der Waals surface area contributed by atoms with E-state index in [0.29, 0.717) is 13.0 Å². The van der Waals surface area contributed by atoms with Gasteiger partial charge in [-0.05, 0) is 18.4 Å². The third-order valence-corrected chi connectivity index (χ3v) is 3.29. The number of hydrogen-bond acceptors (Lipinski definition) is 3. The highest BCUT2D eigenvalue weighted by Crippen LogP contribution is 2.07. The summed E-state index contributed by atoms with van der Waals surface area (Å²) in [5.74, 6) is -0.813. The highest BCUT2D eigenvalue weighted by Gasteiger charge is 2.21. The second-order valence-corrected chi connectivity index (χ2v) is 5.04. The normalized spacial score (nSPS) is 13.9. The van der Waals surface area contributed by atoms with E-state index in [2.05, 4.69) is 12.2 Å². The zero-order valence-electron chi connectivity index (χ0n) is 12.3. The van der Waals surface area contributed by atoms with Crippen molar-refractivity contribution in [2.75, 3.05) is 13.7 Å². The fraction of sp³-hybridized carbons (Fsp3) is 0.562. The molecule has 1 rings (SSSR count). The van der Waals surface area contributed by atoms with E-state index in [1.54, 1.807) is 7.11 Å². The molecule has 0 saturated heterocycles. The summed E-state index contributed by atoms with van der Waals surface area (Å²) < 4.78 is 5.18. The summed E-state index contributed by atoms with van der Waals surface area (Å²) in [6, 6.07) is 9.21. The van der Waals surface area contributed by atoms with Gasteiger partial charge in [-0.15, -0.1) is 0 Å². The molecular weight excluding hydrogens is 254 g/mol. The third-order valence-electron chi connectivity index (χ3n) is 3.29. The molecule has 112 valence electrons. The van der Waals surface area contributed by atoms with Crippen molar-refractivity contribution >= 4 is 5.97 Å². The van der Waals surface area contributed by atoms with Gasteiger partial charge >= 0.3 is 5.97 Å². The molecule has 0 radical (unpaired) electrons. The van der Waals surface area contributed by atoms with Crippen LogP contribution < -0.4 is 5.32 Å². The Hall–Kier alpha value is -1.39. The van der Waals surface area contributed by atoms with Crippen LogP contribution in [0, 0.1) is 0 Å². The Kier molecular flexibility index (Phi) is 7.92. The topological polar surface area (TPSA) is 58.6 Å². The standard InChI is InChI=1S/C16H25NO3/c1-3-4-10-14(12-20-2)17-15(16(18)19)11-13-8-6-5-7-9-13/h5-9,14-15,17H,3-4,10-12H2,1-2H3,(H,18,19)/t14?,15-/m0/s1. The Labute approximate surface area is 121 Å². The molecule has 2 N–H and O–H groups in total. The van der Waals surface area contributed by atoms with E-state index in [1.165, 1.54) is 0 Å². The van der Waals surface area contributed by atoms with Gasteiger partial charge in [0.05, 0.1) is 6.61 Å². The van der Waals surface area contributed by atoms with Gasteiger partial charge < -0.3 is 9.84 Å². The number of ether oxygens (including phenoxy) is 1. The minimum absolute atomic E-state index is 0.0877. The van der Waals surface area contributed by atoms with Gasteiger partial charge in [0.1, 0.15) is 6.04 Å². The third kappa shape index (κ3) is 6.17. The summed E-state index contributed by atoms with van der Waals surface area (Å²) in [4.78, 5) is 11.4. The summed E-state index contributed by atoms with van der Waals surface area (Å²) in [5.41, 5.74) is 1.03. The van der Waals surface area contributed by atoms with E-state index in [-0.39, 0.29) is 6.04 Å². The lowest BCUT2D eigenvalue weighted by atomic mass is 10.0. The smallest absolute Gasteiger partial charge is 0.321 e. The van der Waals surface area contributed by atoms with Crippen molar-refractivity contribution < 1.29 is 14.6 Å². The molecule has 0 amide bonds. The molecule has 0 saturated carbocycles. The average molecular weight is 279 g/mol. The van der Waals surface area contributed by atoms with Crippen LogP contribution in [0.2, 0.25) is 0 Å². The van der Waals surface area contributed by atoms with E-state index in [0.717, 1.165) is 24.8 Å². The van der Waals surface area contributed by atoms with E-state index < -0.39 is 12.0 Å². The first-order valence-corrected chi connectivity index (χ1v) is 7.19. The maximum Gasteiger partial charge on any atom is 0.321 e. The molecule has 0 aliphatic carbocycles. The molecule has 1 unspecified atom stereocenters. The molecule has 20 heavy (non-hydrogen) atoms. The molecule has 4 heteroatoms. The minimum atomic E-state index is -0.813. The number of nitrogens with one attached hydrogen (secondary N) is 1. The number of hydrogen-bond donors (Lipinski definition) is 2. The predicted molar refractivity (Wildman–Crippen MR) is 79.9 cm³/mol. The van der Waals surface area contributed by atoms with Gasteiger partial charge in [0, 0.05) is 13.2 Å². The number of carboxylic acid groups (broad SMARTS) is 1. The van der Waals surface area contributed by atoms with Crippen molar-refractivity contribution in [2.24, 2.45) is 0 Å². The lowest BCUT2D eigenvalue weighted by molar-refractivity contribution is -0.139. The summed E-state index contributed by atoms with van der Waals surface area (Å²) in [7, 11) is 1.65. The van der Waals surface area contributed by atoms with Gasteiger partial charge in [0.25, 0.3) is 0 Å². The van der Waals surface area contributed by atoms with Gasteiger partial charge in [0.2, 0.25) is 0 Å². The van der Waals surface area contributed by atoms with E-state index in [1.807, 2.05) is 30.3 Å². The van der Waals surface area contributed by atoms with Crippen molar-refractivity contribution in [3.05, 3.63) is 35.9 Å². The van der Waals surface area contributed by atoms with Crippen molar-refractivity contribution in [2.45, 2.75) is 44.7 Å². The molecule has 0 spiro atoms. The SMILES string of the molecule is CCCCC(COC)N[C@@H](Cc1ccccc1)C(=O)O. The number of carbonyl (C=O) groups is 1. The molecule has 2 atom stereocenters. The molecule has 1 aromatic rings. The predicted octanol–water partition coefficient (Wildman–Crippen LogP) is 2.48. The summed E-state index contributed by atoms with van der Waals surface area (Å²) in [5, 5.41) is 12.6. The molecule has 1 aromatic carbocycles. The molecule has 4 nitrogen and oxygen atoms in total. The van der Waals surface area contributed by atoms with Crippen LogP contribution in [0.1, 0.15) is 31.7 Å². The largest absolute Gasteiger partial charge is 0.480 e. The average Bonchev–Trinajstić information content (AvgIpc) is 2.45. The number of unbranched alkanes of at least 4 members (excludes halogenated alkanes) is 1. The van der Waals surface area contributed by atoms with Crippen molar-refractivity contribution in [1.82, 2.24) is 5.32 Å². The van der Waals surface area contributed by atoms with Crippen molar-refractivity contribution in [3.63, 3.8) is 0 Å². The Morgan fingerprint density at radius 1 is 1.35 bits per heavy atom. The molecule has 0 bridgehead atoms. The van der Waals surface area contributed by atoms with Crippen LogP contribution in [0.5, 0.6) is 0 Å². The maximum atomic E-state index is 11.4. The van der Waals surface area contributed by atoms with Crippen LogP contribution in [0.25, 0.3) is 0 Å². The van der Waals surface area contributed by atoms with E-state index >= 15 is 0 Å². The zero-order chi connectivity index (χ0) is 14.8. The van der Waals surface area contributed by atoms with Crippen LogP contribution >= 0.6 is 0 Å². The van der Waals surface area contributed by atoms with Crippen molar-refractivity contribution in [3.8, 4) is 0 Å². The number of carboxylic acids is 1. The number of methoxy groups -OCH3 is 1. The highest BCUT2D eigenvalue weighted by atomic mass is 16.5. The number of benzene rings is 1. The number of aliphatic carboxylic acids is 1. The summed E-state index contributed by atoms with van der Waals surface area (Å²) >= 11 is 0. The quantitative estimate of drug-likeness (QED) is 0.691. The van der Waals surface area contributed by atoms with Gasteiger partial charge in [-0.25, -0.2) is 0 Å². The molecule has 0 aliphatic heterocycles. The number of rotatable bonds is 10. The first kappa shape index (κ1) is 16.7. The Morgan fingerprint density at radius 3 is 2.60 bits per heavy atom.